The maximum absolute atomic E-state index is 12.4. The van der Waals surface area contributed by atoms with E-state index < -0.39 is 27.2 Å². The molecule has 0 saturated heterocycles. The van der Waals surface area contributed by atoms with Gasteiger partial charge >= 0.3 is 12.0 Å². The van der Waals surface area contributed by atoms with E-state index in [1.165, 1.54) is 38.5 Å². The third-order valence-electron chi connectivity index (χ3n) is 6.12. The molecule has 2 heterocycles. The molecule has 0 radical (unpaired) electrons. The van der Waals surface area contributed by atoms with Gasteiger partial charge < -0.3 is 41.0 Å². The molecule has 2 aromatic carbocycles. The van der Waals surface area contributed by atoms with E-state index in [0.717, 1.165) is 0 Å². The predicted molar refractivity (Wildman–Crippen MR) is 182 cm³/mol. The van der Waals surface area contributed by atoms with Crippen LogP contribution in [-0.2, 0) is 19.5 Å². The van der Waals surface area contributed by atoms with Gasteiger partial charge in [-0.1, -0.05) is 29.3 Å². The number of ether oxygens (including phenoxy) is 2. The summed E-state index contributed by atoms with van der Waals surface area (Å²) in [6.07, 6.45) is 1.65. The second kappa shape index (κ2) is 17.6. The standard InChI is InChI=1S/C28H34N10O10S2/c1-15(39)13-29-23-33-25(37-27(35-23)45-3)31-19-9-7-17(21(11-19)49-48-47-41)5-6-18-8-10-20(12-22(18)50(42,43)44)32-26-34-24(30-14-16(2)40)36-28(38-26)46-4/h5-12,15-16,39-41H,13-14H2,1-4H3,(H,42,43,44)(H2,29,31,33,35,37)(H2,30,32,34,36,38). The highest BCUT2D eigenvalue weighted by atomic mass is 32.2. The molecular weight excluding hydrogens is 701 g/mol. The molecule has 0 fully saturated rings. The summed E-state index contributed by atoms with van der Waals surface area (Å²) in [5.41, 5.74) is 1.29. The molecule has 2 aromatic heterocycles. The molecule has 2 unspecified atom stereocenters. The summed E-state index contributed by atoms with van der Waals surface area (Å²) in [6.45, 7) is 3.51. The lowest BCUT2D eigenvalue weighted by Crippen LogP contribution is -2.17. The Bertz CT molecular complexity index is 1900. The minimum absolute atomic E-state index is 0.00107. The molecule has 0 amide bonds. The Morgan fingerprint density at radius 1 is 0.760 bits per heavy atom. The minimum atomic E-state index is -4.73. The van der Waals surface area contributed by atoms with Crippen LogP contribution in [0.3, 0.4) is 0 Å². The molecular formula is C28H34N10O10S2. The van der Waals surface area contributed by atoms with Crippen LogP contribution in [0.5, 0.6) is 12.0 Å². The zero-order valence-electron chi connectivity index (χ0n) is 26.9. The molecule has 0 aliphatic rings. The van der Waals surface area contributed by atoms with E-state index in [4.69, 9.17) is 14.7 Å². The number of nitrogens with one attached hydrogen (secondary N) is 4. The Labute approximate surface area is 290 Å². The van der Waals surface area contributed by atoms with Gasteiger partial charge in [-0.25, -0.2) is 5.26 Å². The van der Waals surface area contributed by atoms with Gasteiger partial charge in [0.25, 0.3) is 10.1 Å². The molecule has 8 N–H and O–H groups in total. The minimum Gasteiger partial charge on any atom is -0.467 e. The van der Waals surface area contributed by atoms with Crippen LogP contribution in [0.15, 0.2) is 46.2 Å². The van der Waals surface area contributed by atoms with Crippen LogP contribution in [0.1, 0.15) is 25.0 Å². The number of anilines is 6. The topological polar surface area (TPSA) is 277 Å². The van der Waals surface area contributed by atoms with Crippen molar-refractivity contribution in [3.05, 3.63) is 47.5 Å². The highest BCUT2D eigenvalue weighted by Gasteiger charge is 2.17. The van der Waals surface area contributed by atoms with Gasteiger partial charge in [-0.2, -0.15) is 38.3 Å². The fourth-order valence-corrected chi connectivity index (χ4v) is 5.15. The summed E-state index contributed by atoms with van der Waals surface area (Å²) < 4.78 is 49.8. The van der Waals surface area contributed by atoms with E-state index in [-0.39, 0.29) is 60.2 Å². The second-order valence-electron chi connectivity index (χ2n) is 10.2. The fraction of sp³-hybridized carbons (Fsp3) is 0.286. The van der Waals surface area contributed by atoms with Crippen LogP contribution < -0.4 is 30.7 Å². The van der Waals surface area contributed by atoms with Gasteiger partial charge in [-0.15, -0.1) is 4.33 Å². The highest BCUT2D eigenvalue weighted by molar-refractivity contribution is 7.94. The number of aromatic nitrogens is 6. The average molecular weight is 735 g/mol. The molecule has 4 aromatic rings. The summed E-state index contributed by atoms with van der Waals surface area (Å²) in [7, 11) is -1.98. The molecule has 0 spiro atoms. The lowest BCUT2D eigenvalue weighted by Gasteiger charge is -2.12. The molecule has 0 aliphatic carbocycles. The third kappa shape index (κ3) is 11.3. The van der Waals surface area contributed by atoms with Crippen molar-refractivity contribution in [2.45, 2.75) is 35.8 Å². The normalized spacial score (nSPS) is 12.7. The van der Waals surface area contributed by atoms with Crippen LogP contribution in [-0.4, -0.2) is 97.9 Å². The van der Waals surface area contributed by atoms with E-state index in [2.05, 4.69) is 60.5 Å². The summed E-state index contributed by atoms with van der Waals surface area (Å²) >= 11 is 0.644. The SMILES string of the molecule is COc1nc(NCC(C)O)nc(Nc2ccc(C=Cc3ccc(Nc4nc(NCC(C)O)nc(OC)n4)cc3S(=O)(=O)O)c(SOOO)c2)n1. The lowest BCUT2D eigenvalue weighted by atomic mass is 10.1. The molecule has 50 heavy (non-hydrogen) atoms. The molecule has 22 heteroatoms. The smallest absolute Gasteiger partial charge is 0.322 e. The lowest BCUT2D eigenvalue weighted by molar-refractivity contribution is -0.432. The third-order valence-corrected chi connectivity index (χ3v) is 7.69. The van der Waals surface area contributed by atoms with Crippen molar-refractivity contribution < 1.29 is 47.3 Å². The van der Waals surface area contributed by atoms with Gasteiger partial charge in [0.2, 0.25) is 23.8 Å². The van der Waals surface area contributed by atoms with Gasteiger partial charge in [0.15, 0.2) is 0 Å². The van der Waals surface area contributed by atoms with Crippen LogP contribution in [0.25, 0.3) is 12.2 Å². The summed E-state index contributed by atoms with van der Waals surface area (Å²) in [4.78, 5) is 24.8. The van der Waals surface area contributed by atoms with Gasteiger partial charge in [-0.05, 0) is 49.2 Å². The van der Waals surface area contributed by atoms with Crippen molar-refractivity contribution >= 4 is 69.5 Å². The van der Waals surface area contributed by atoms with Gasteiger partial charge in [0.05, 0.1) is 38.5 Å². The predicted octanol–water partition coefficient (Wildman–Crippen LogP) is 2.99. The van der Waals surface area contributed by atoms with Crippen molar-refractivity contribution in [3.8, 4) is 12.0 Å². The number of aliphatic hydroxyl groups is 2. The zero-order valence-corrected chi connectivity index (χ0v) is 28.6. The first-order valence-corrected chi connectivity index (χ1v) is 16.6. The zero-order chi connectivity index (χ0) is 36.3. The Morgan fingerprint density at radius 2 is 1.24 bits per heavy atom. The van der Waals surface area contributed by atoms with Crippen LogP contribution in [0.2, 0.25) is 0 Å². The molecule has 0 bridgehead atoms. The van der Waals surface area contributed by atoms with Gasteiger partial charge in [0, 0.05) is 29.4 Å². The average Bonchev–Trinajstić information content (AvgIpc) is 3.08. The molecule has 2 atom stereocenters. The maximum atomic E-state index is 12.4. The largest absolute Gasteiger partial charge is 0.467 e. The fourth-order valence-electron chi connectivity index (χ4n) is 3.93. The number of benzene rings is 2. The summed E-state index contributed by atoms with van der Waals surface area (Å²) in [6, 6.07) is 9.05. The van der Waals surface area contributed by atoms with Crippen LogP contribution in [0.4, 0.5) is 35.2 Å². The number of rotatable bonds is 18. The summed E-state index contributed by atoms with van der Waals surface area (Å²) in [5, 5.41) is 43.2. The first-order chi connectivity index (χ1) is 23.9. The number of hydrogen-bond acceptors (Lipinski definition) is 20. The maximum Gasteiger partial charge on any atom is 0.322 e. The van der Waals surface area contributed by atoms with E-state index in [1.807, 2.05) is 0 Å². The number of methoxy groups -OCH3 is 2. The Kier molecular flexibility index (Phi) is 13.4. The van der Waals surface area contributed by atoms with Crippen molar-refractivity contribution in [2.75, 3.05) is 48.6 Å². The monoisotopic (exact) mass is 734 g/mol. The molecule has 20 nitrogen and oxygen atoms in total. The van der Waals surface area contributed by atoms with E-state index in [0.29, 0.717) is 28.2 Å². The van der Waals surface area contributed by atoms with Crippen molar-refractivity contribution in [1.29, 1.82) is 0 Å². The van der Waals surface area contributed by atoms with Crippen LogP contribution >= 0.6 is 12.0 Å². The molecule has 0 saturated carbocycles. The molecule has 4 rings (SSSR count). The van der Waals surface area contributed by atoms with Crippen LogP contribution in [0, 0.1) is 0 Å². The van der Waals surface area contributed by atoms with E-state index in [1.54, 1.807) is 38.1 Å². The Hall–Kier alpha value is -4.94. The van der Waals surface area contributed by atoms with Crippen molar-refractivity contribution in [1.82, 2.24) is 29.9 Å². The van der Waals surface area contributed by atoms with Crippen molar-refractivity contribution in [2.24, 2.45) is 0 Å². The quantitative estimate of drug-likeness (QED) is 0.0240. The molecule has 268 valence electrons. The second-order valence-corrected chi connectivity index (χ2v) is 12.3. The Morgan fingerprint density at radius 3 is 1.72 bits per heavy atom. The van der Waals surface area contributed by atoms with E-state index in [9.17, 15) is 23.2 Å². The first kappa shape index (κ1) is 37.9. The van der Waals surface area contributed by atoms with Gasteiger partial charge in [-0.3, -0.25) is 4.55 Å². The van der Waals surface area contributed by atoms with Crippen molar-refractivity contribution in [3.63, 3.8) is 0 Å². The van der Waals surface area contributed by atoms with Gasteiger partial charge in [0.1, 0.15) is 4.90 Å². The summed E-state index contributed by atoms with van der Waals surface area (Å²) in [5.74, 6) is 0.365. The number of nitrogens with zero attached hydrogens (tertiary/aromatic N) is 6. The number of hydrogen-bond donors (Lipinski definition) is 8. The number of aliphatic hydroxyl groups excluding tert-OH is 2. The first-order valence-electron chi connectivity index (χ1n) is 14.4. The molecule has 0 aliphatic heterocycles. The Balaban J connectivity index is 1.61. The van der Waals surface area contributed by atoms with E-state index >= 15 is 0 Å². The highest BCUT2D eigenvalue weighted by Crippen LogP contribution is 2.31.